The van der Waals surface area contributed by atoms with Crippen molar-refractivity contribution < 1.29 is 9.59 Å². The van der Waals surface area contributed by atoms with Gasteiger partial charge < -0.3 is 15.6 Å². The third-order valence-electron chi connectivity index (χ3n) is 5.02. The van der Waals surface area contributed by atoms with Crippen LogP contribution < -0.4 is 16.2 Å². The van der Waals surface area contributed by atoms with E-state index in [1.165, 1.54) is 23.1 Å². The molecule has 2 amide bonds. The molecule has 0 spiro atoms. The van der Waals surface area contributed by atoms with Crippen LogP contribution in [0.15, 0.2) is 29.1 Å². The highest BCUT2D eigenvalue weighted by atomic mass is 32.2. The molecule has 3 N–H and O–H groups in total. The van der Waals surface area contributed by atoms with Crippen molar-refractivity contribution in [2.24, 2.45) is 0 Å². The lowest BCUT2D eigenvalue weighted by Gasteiger charge is -2.13. The van der Waals surface area contributed by atoms with Gasteiger partial charge in [-0.1, -0.05) is 25.1 Å². The summed E-state index contributed by atoms with van der Waals surface area (Å²) >= 11 is 2.85. The average Bonchev–Trinajstić information content (AvgIpc) is 3.04. The lowest BCUT2D eigenvalue weighted by molar-refractivity contribution is -0.123. The topological polar surface area (TPSA) is 104 Å². The van der Waals surface area contributed by atoms with Crippen LogP contribution in [0.3, 0.4) is 0 Å². The summed E-state index contributed by atoms with van der Waals surface area (Å²) in [6.07, 6.45) is 0.809. The zero-order valence-electron chi connectivity index (χ0n) is 18.0. The van der Waals surface area contributed by atoms with Crippen molar-refractivity contribution in [1.82, 2.24) is 15.3 Å². The molecule has 1 aromatic carbocycles. The average molecular weight is 459 g/mol. The molecule has 7 nitrogen and oxygen atoms in total. The number of anilines is 1. The van der Waals surface area contributed by atoms with Crippen molar-refractivity contribution in [3.63, 3.8) is 0 Å². The van der Waals surface area contributed by atoms with Gasteiger partial charge >= 0.3 is 0 Å². The molecule has 3 aromatic rings. The summed E-state index contributed by atoms with van der Waals surface area (Å²) in [5, 5.41) is 5.74. The van der Waals surface area contributed by atoms with Crippen LogP contribution in [-0.2, 0) is 21.8 Å². The fraction of sp³-hybridized carbons (Fsp3) is 0.364. The molecule has 9 heteroatoms. The van der Waals surface area contributed by atoms with Crippen LogP contribution in [0.4, 0.5) is 5.69 Å². The third-order valence-corrected chi connectivity index (χ3v) is 7.28. The van der Waals surface area contributed by atoms with E-state index >= 15 is 0 Å². The fourth-order valence-electron chi connectivity index (χ4n) is 3.10. The number of rotatable bonds is 8. The van der Waals surface area contributed by atoms with Gasteiger partial charge in [0.2, 0.25) is 11.8 Å². The normalized spacial score (nSPS) is 12.0. The summed E-state index contributed by atoms with van der Waals surface area (Å²) in [6.45, 7) is 7.57. The smallest absolute Gasteiger partial charge is 0.259 e. The fourth-order valence-corrected chi connectivity index (χ4v) is 4.93. The minimum atomic E-state index is -0.400. The van der Waals surface area contributed by atoms with Gasteiger partial charge in [0.05, 0.1) is 22.9 Å². The maximum atomic E-state index is 12.4. The number of hydrogen-bond acceptors (Lipinski definition) is 6. The summed E-state index contributed by atoms with van der Waals surface area (Å²) in [4.78, 5) is 46.1. The number of nitrogens with zero attached hydrogens (tertiary/aromatic N) is 1. The van der Waals surface area contributed by atoms with Gasteiger partial charge in [0.15, 0.2) is 0 Å². The standard InChI is InChI=1S/C22H26N4O3S2/c1-5-15-8-6-7-9-16(15)24-18(27)10-23-20(28)14(4)30-11-17-25-21(29)19-12(2)13(3)31-22(19)26-17/h6-9,14H,5,10-11H2,1-4H3,(H,23,28)(H,24,27)(H,25,26,29)/t14-/m1/s1. The predicted octanol–water partition coefficient (Wildman–Crippen LogP) is 3.54. The zero-order chi connectivity index (χ0) is 22.5. The monoisotopic (exact) mass is 458 g/mol. The second-order valence-electron chi connectivity index (χ2n) is 7.21. The Morgan fingerprint density at radius 1 is 1.26 bits per heavy atom. The number of carbonyl (C=O) groups is 2. The van der Waals surface area contributed by atoms with Crippen molar-refractivity contribution in [3.8, 4) is 0 Å². The van der Waals surface area contributed by atoms with Gasteiger partial charge in [-0.15, -0.1) is 23.1 Å². The first-order chi connectivity index (χ1) is 14.8. The molecule has 0 aliphatic heterocycles. The summed E-state index contributed by atoms with van der Waals surface area (Å²) < 4.78 is 0. The van der Waals surface area contributed by atoms with Crippen molar-refractivity contribution in [2.45, 2.75) is 45.1 Å². The van der Waals surface area contributed by atoms with E-state index in [1.54, 1.807) is 6.92 Å². The molecule has 1 atom stereocenters. The Hall–Kier alpha value is -2.65. The van der Waals surface area contributed by atoms with Crippen molar-refractivity contribution >= 4 is 50.8 Å². The van der Waals surface area contributed by atoms with Crippen LogP contribution in [0.5, 0.6) is 0 Å². The molecule has 0 aliphatic carbocycles. The first-order valence-electron chi connectivity index (χ1n) is 10.1. The highest BCUT2D eigenvalue weighted by Crippen LogP contribution is 2.26. The summed E-state index contributed by atoms with van der Waals surface area (Å²) in [5.74, 6) is 0.421. The molecule has 31 heavy (non-hydrogen) atoms. The van der Waals surface area contributed by atoms with Gasteiger partial charge in [0.1, 0.15) is 10.7 Å². The summed E-state index contributed by atoms with van der Waals surface area (Å²) in [6, 6.07) is 7.59. The highest BCUT2D eigenvalue weighted by molar-refractivity contribution is 7.99. The van der Waals surface area contributed by atoms with Gasteiger partial charge in [-0.05, 0) is 44.4 Å². The van der Waals surface area contributed by atoms with Gasteiger partial charge in [-0.2, -0.15) is 0 Å². The van der Waals surface area contributed by atoms with E-state index < -0.39 is 5.25 Å². The number of hydrogen-bond donors (Lipinski definition) is 3. The maximum absolute atomic E-state index is 12.4. The molecular formula is C22H26N4O3S2. The number of para-hydroxylation sites is 1. The van der Waals surface area contributed by atoms with Crippen LogP contribution >= 0.6 is 23.1 Å². The Labute approximate surface area is 189 Å². The van der Waals surface area contributed by atoms with E-state index in [9.17, 15) is 14.4 Å². The molecule has 164 valence electrons. The molecule has 0 unspecified atom stereocenters. The molecule has 3 rings (SSSR count). The molecule has 0 fully saturated rings. The highest BCUT2D eigenvalue weighted by Gasteiger charge is 2.17. The molecule has 2 aromatic heterocycles. The minimum absolute atomic E-state index is 0.101. The van der Waals surface area contributed by atoms with Crippen molar-refractivity contribution in [1.29, 1.82) is 0 Å². The second kappa shape index (κ2) is 10.1. The van der Waals surface area contributed by atoms with Crippen LogP contribution in [0.1, 0.15) is 35.7 Å². The quantitative estimate of drug-likeness (QED) is 0.479. The number of aromatic amines is 1. The number of aryl methyl sites for hydroxylation is 3. The first kappa shape index (κ1) is 23.0. The lowest BCUT2D eigenvalue weighted by Crippen LogP contribution is -2.37. The second-order valence-corrected chi connectivity index (χ2v) is 9.74. The zero-order valence-corrected chi connectivity index (χ0v) is 19.6. The number of H-pyrrole nitrogens is 1. The van der Waals surface area contributed by atoms with E-state index in [4.69, 9.17) is 0 Å². The Balaban J connectivity index is 1.52. The summed E-state index contributed by atoms with van der Waals surface area (Å²) in [7, 11) is 0. The predicted molar refractivity (Wildman–Crippen MR) is 128 cm³/mol. The largest absolute Gasteiger partial charge is 0.346 e. The lowest BCUT2D eigenvalue weighted by atomic mass is 10.1. The number of carbonyl (C=O) groups excluding carboxylic acids is 2. The Kier molecular flexibility index (Phi) is 7.50. The van der Waals surface area contributed by atoms with Crippen LogP contribution in [-0.4, -0.2) is 33.6 Å². The first-order valence-corrected chi connectivity index (χ1v) is 11.9. The Bertz CT molecular complexity index is 1170. The number of aromatic nitrogens is 2. The number of nitrogens with one attached hydrogen (secondary N) is 3. The van der Waals surface area contributed by atoms with E-state index in [0.29, 0.717) is 17.0 Å². The van der Waals surface area contributed by atoms with Crippen LogP contribution in [0, 0.1) is 13.8 Å². The van der Waals surface area contributed by atoms with E-state index in [-0.39, 0.29) is 23.9 Å². The Morgan fingerprint density at radius 3 is 2.74 bits per heavy atom. The molecule has 0 aliphatic rings. The minimum Gasteiger partial charge on any atom is -0.346 e. The number of fused-ring (bicyclic) bond motifs is 1. The van der Waals surface area contributed by atoms with E-state index in [0.717, 1.165) is 32.9 Å². The third kappa shape index (κ3) is 5.54. The SMILES string of the molecule is CCc1ccccc1NC(=O)CNC(=O)[C@@H](C)SCc1nc2sc(C)c(C)c2c(=O)[nH]1. The maximum Gasteiger partial charge on any atom is 0.259 e. The van der Waals surface area contributed by atoms with Crippen molar-refractivity contribution in [2.75, 3.05) is 11.9 Å². The van der Waals surface area contributed by atoms with Crippen molar-refractivity contribution in [3.05, 3.63) is 56.4 Å². The van der Waals surface area contributed by atoms with Crippen LogP contribution in [0.2, 0.25) is 0 Å². The number of thiophene rings is 1. The molecule has 0 radical (unpaired) electrons. The van der Waals surface area contributed by atoms with Gasteiger partial charge in [-0.3, -0.25) is 14.4 Å². The van der Waals surface area contributed by atoms with Gasteiger partial charge in [0.25, 0.3) is 5.56 Å². The van der Waals surface area contributed by atoms with Crippen LogP contribution in [0.25, 0.3) is 10.2 Å². The van der Waals surface area contributed by atoms with E-state index in [1.807, 2.05) is 45.0 Å². The summed E-state index contributed by atoms with van der Waals surface area (Å²) in [5.41, 5.74) is 2.61. The number of benzene rings is 1. The molecule has 0 saturated heterocycles. The van der Waals surface area contributed by atoms with Gasteiger partial charge in [0, 0.05) is 10.6 Å². The number of thioether (sulfide) groups is 1. The molecular weight excluding hydrogens is 432 g/mol. The molecule has 0 bridgehead atoms. The van der Waals surface area contributed by atoms with Gasteiger partial charge in [-0.25, -0.2) is 4.98 Å². The number of amides is 2. The molecule has 0 saturated carbocycles. The Morgan fingerprint density at radius 2 is 2.00 bits per heavy atom. The van der Waals surface area contributed by atoms with E-state index in [2.05, 4.69) is 20.6 Å². The molecule has 2 heterocycles.